The van der Waals surface area contributed by atoms with Crippen LogP contribution in [0.5, 0.6) is 0 Å². The van der Waals surface area contributed by atoms with Crippen LogP contribution < -0.4 is 0 Å². The Bertz CT molecular complexity index is 176. The molecule has 2 heteroatoms. The predicted octanol–water partition coefficient (Wildman–Crippen LogP) is 4.25. The first kappa shape index (κ1) is 15.2. The van der Waals surface area contributed by atoms with Crippen molar-refractivity contribution in [1.82, 2.24) is 0 Å². The van der Waals surface area contributed by atoms with Gasteiger partial charge in [-0.2, -0.15) is 0 Å². The zero-order valence-electron chi connectivity index (χ0n) is 10.7. The van der Waals surface area contributed by atoms with E-state index in [4.69, 9.17) is 4.74 Å². The van der Waals surface area contributed by atoms with E-state index in [0.29, 0.717) is 13.0 Å². The summed E-state index contributed by atoms with van der Waals surface area (Å²) in [6.07, 6.45) is 11.7. The van der Waals surface area contributed by atoms with Gasteiger partial charge in [-0.15, -0.1) is 6.58 Å². The fourth-order valence-electron chi connectivity index (χ4n) is 1.55. The second kappa shape index (κ2) is 12.3. The average molecular weight is 226 g/mol. The van der Waals surface area contributed by atoms with Crippen LogP contribution in [-0.2, 0) is 9.53 Å². The highest BCUT2D eigenvalue weighted by atomic mass is 16.5. The number of rotatable bonds is 11. The maximum atomic E-state index is 11.2. The Morgan fingerprint density at radius 1 is 1.12 bits per heavy atom. The summed E-state index contributed by atoms with van der Waals surface area (Å²) in [5.41, 5.74) is 0. The Labute approximate surface area is 100 Å². The lowest BCUT2D eigenvalue weighted by Gasteiger charge is -2.03. The Kier molecular flexibility index (Phi) is 11.7. The molecule has 0 amide bonds. The summed E-state index contributed by atoms with van der Waals surface area (Å²) in [5.74, 6) is -0.0598. The molecule has 0 heterocycles. The van der Waals surface area contributed by atoms with E-state index in [9.17, 15) is 4.79 Å². The molecule has 0 aromatic rings. The van der Waals surface area contributed by atoms with Gasteiger partial charge in [0.25, 0.3) is 0 Å². The molecular formula is C14H26O2. The SMILES string of the molecule is C=CCCOC(=O)CCCCCCCCC. The number of carbonyl (C=O) groups is 1. The molecule has 0 unspecified atom stereocenters. The lowest BCUT2D eigenvalue weighted by atomic mass is 10.1. The van der Waals surface area contributed by atoms with E-state index in [0.717, 1.165) is 19.3 Å². The monoisotopic (exact) mass is 226 g/mol. The molecule has 0 aliphatic rings. The van der Waals surface area contributed by atoms with Gasteiger partial charge in [-0.05, 0) is 12.8 Å². The van der Waals surface area contributed by atoms with Crippen LogP contribution in [0.2, 0.25) is 0 Å². The molecule has 0 N–H and O–H groups in total. The van der Waals surface area contributed by atoms with E-state index in [2.05, 4.69) is 13.5 Å². The largest absolute Gasteiger partial charge is 0.465 e. The molecular weight excluding hydrogens is 200 g/mol. The molecule has 0 saturated heterocycles. The lowest BCUT2D eigenvalue weighted by Crippen LogP contribution is -2.04. The lowest BCUT2D eigenvalue weighted by molar-refractivity contribution is -0.143. The first-order chi connectivity index (χ1) is 7.81. The van der Waals surface area contributed by atoms with Gasteiger partial charge in [0.1, 0.15) is 0 Å². The number of hydrogen-bond acceptors (Lipinski definition) is 2. The number of ether oxygens (including phenoxy) is 1. The van der Waals surface area contributed by atoms with Crippen molar-refractivity contribution in [1.29, 1.82) is 0 Å². The molecule has 0 rings (SSSR count). The van der Waals surface area contributed by atoms with Gasteiger partial charge in [-0.3, -0.25) is 4.79 Å². The average Bonchev–Trinajstić information content (AvgIpc) is 2.28. The molecule has 2 nitrogen and oxygen atoms in total. The summed E-state index contributed by atoms with van der Waals surface area (Å²) in [5, 5.41) is 0. The summed E-state index contributed by atoms with van der Waals surface area (Å²) >= 11 is 0. The van der Waals surface area contributed by atoms with Crippen molar-refractivity contribution < 1.29 is 9.53 Å². The number of unbranched alkanes of at least 4 members (excludes halogenated alkanes) is 6. The summed E-state index contributed by atoms with van der Waals surface area (Å²) in [6.45, 7) is 6.28. The third-order valence-corrected chi connectivity index (χ3v) is 2.57. The van der Waals surface area contributed by atoms with Crippen LogP contribution in [0, 0.1) is 0 Å². The van der Waals surface area contributed by atoms with Gasteiger partial charge in [-0.25, -0.2) is 0 Å². The van der Waals surface area contributed by atoms with Gasteiger partial charge in [-0.1, -0.05) is 51.5 Å². The molecule has 16 heavy (non-hydrogen) atoms. The van der Waals surface area contributed by atoms with Crippen molar-refractivity contribution in [3.8, 4) is 0 Å². The number of carbonyl (C=O) groups excluding carboxylic acids is 1. The first-order valence-corrected chi connectivity index (χ1v) is 6.57. The highest BCUT2D eigenvalue weighted by molar-refractivity contribution is 5.69. The Balaban J connectivity index is 3.12. The Hall–Kier alpha value is -0.790. The first-order valence-electron chi connectivity index (χ1n) is 6.57. The second-order valence-corrected chi connectivity index (χ2v) is 4.17. The highest BCUT2D eigenvalue weighted by Crippen LogP contribution is 2.08. The van der Waals surface area contributed by atoms with Crippen molar-refractivity contribution in [3.63, 3.8) is 0 Å². The normalized spacial score (nSPS) is 10.1. The third kappa shape index (κ3) is 11.3. The third-order valence-electron chi connectivity index (χ3n) is 2.57. The van der Waals surface area contributed by atoms with Gasteiger partial charge in [0.05, 0.1) is 6.61 Å². The van der Waals surface area contributed by atoms with Crippen molar-refractivity contribution in [2.45, 2.75) is 64.7 Å². The molecule has 0 spiro atoms. The Morgan fingerprint density at radius 3 is 2.38 bits per heavy atom. The number of esters is 1. The standard InChI is InChI=1S/C14H26O2/c1-3-5-7-8-9-10-11-12-14(15)16-13-6-4-2/h4H,2-3,5-13H2,1H3. The van der Waals surface area contributed by atoms with Crippen LogP contribution in [0.3, 0.4) is 0 Å². The van der Waals surface area contributed by atoms with E-state index < -0.39 is 0 Å². The van der Waals surface area contributed by atoms with Crippen LogP contribution in [0.1, 0.15) is 64.7 Å². The van der Waals surface area contributed by atoms with E-state index in [1.165, 1.54) is 32.1 Å². The zero-order valence-corrected chi connectivity index (χ0v) is 10.7. The van der Waals surface area contributed by atoms with Crippen LogP contribution in [0.25, 0.3) is 0 Å². The van der Waals surface area contributed by atoms with E-state index >= 15 is 0 Å². The summed E-state index contributed by atoms with van der Waals surface area (Å²) < 4.78 is 5.02. The van der Waals surface area contributed by atoms with E-state index in [-0.39, 0.29) is 5.97 Å². The summed E-state index contributed by atoms with van der Waals surface area (Å²) in [6, 6.07) is 0. The molecule has 0 aromatic heterocycles. The molecule has 0 aliphatic heterocycles. The van der Waals surface area contributed by atoms with Crippen molar-refractivity contribution >= 4 is 5.97 Å². The predicted molar refractivity (Wildman–Crippen MR) is 68.4 cm³/mol. The van der Waals surface area contributed by atoms with Crippen LogP contribution in [0.4, 0.5) is 0 Å². The molecule has 0 fully saturated rings. The smallest absolute Gasteiger partial charge is 0.305 e. The van der Waals surface area contributed by atoms with Crippen LogP contribution in [0.15, 0.2) is 12.7 Å². The van der Waals surface area contributed by atoms with E-state index in [1.807, 2.05) is 0 Å². The quantitative estimate of drug-likeness (QED) is 0.299. The van der Waals surface area contributed by atoms with Gasteiger partial charge in [0, 0.05) is 6.42 Å². The minimum atomic E-state index is -0.0598. The van der Waals surface area contributed by atoms with E-state index in [1.54, 1.807) is 6.08 Å². The minimum absolute atomic E-state index is 0.0598. The van der Waals surface area contributed by atoms with Crippen molar-refractivity contribution in [3.05, 3.63) is 12.7 Å². The number of hydrogen-bond donors (Lipinski definition) is 0. The molecule has 0 bridgehead atoms. The summed E-state index contributed by atoms with van der Waals surface area (Å²) in [4.78, 5) is 11.2. The van der Waals surface area contributed by atoms with Crippen LogP contribution in [-0.4, -0.2) is 12.6 Å². The Morgan fingerprint density at radius 2 is 1.75 bits per heavy atom. The van der Waals surface area contributed by atoms with Gasteiger partial charge < -0.3 is 4.74 Å². The van der Waals surface area contributed by atoms with Crippen LogP contribution >= 0.6 is 0 Å². The fraction of sp³-hybridized carbons (Fsp3) is 0.786. The van der Waals surface area contributed by atoms with Crippen molar-refractivity contribution in [2.24, 2.45) is 0 Å². The molecule has 0 saturated carbocycles. The summed E-state index contributed by atoms with van der Waals surface area (Å²) in [7, 11) is 0. The molecule has 0 atom stereocenters. The molecule has 94 valence electrons. The van der Waals surface area contributed by atoms with Gasteiger partial charge >= 0.3 is 5.97 Å². The molecule has 0 radical (unpaired) electrons. The maximum absolute atomic E-state index is 11.2. The topological polar surface area (TPSA) is 26.3 Å². The highest BCUT2D eigenvalue weighted by Gasteiger charge is 2.01. The maximum Gasteiger partial charge on any atom is 0.305 e. The molecule has 0 aliphatic carbocycles. The molecule has 0 aromatic carbocycles. The van der Waals surface area contributed by atoms with Gasteiger partial charge in [0.15, 0.2) is 0 Å². The fourth-order valence-corrected chi connectivity index (χ4v) is 1.55. The van der Waals surface area contributed by atoms with Crippen molar-refractivity contribution in [2.75, 3.05) is 6.61 Å². The van der Waals surface area contributed by atoms with Gasteiger partial charge in [0.2, 0.25) is 0 Å². The second-order valence-electron chi connectivity index (χ2n) is 4.17. The zero-order chi connectivity index (χ0) is 12.1. The minimum Gasteiger partial charge on any atom is -0.465 e.